The van der Waals surface area contributed by atoms with E-state index < -0.39 is 9.84 Å². The maximum absolute atomic E-state index is 10.9. The average molecular weight is 284 g/mol. The second kappa shape index (κ2) is 8.30. The molecule has 0 radical (unpaired) electrons. The fourth-order valence-corrected chi connectivity index (χ4v) is 2.24. The Balaban J connectivity index is 2.07. The monoisotopic (exact) mass is 284 g/mol. The van der Waals surface area contributed by atoms with Crippen LogP contribution in [0.15, 0.2) is 30.3 Å². The predicted octanol–water partition coefficient (Wildman–Crippen LogP) is 0.795. The molecule has 0 saturated heterocycles. The van der Waals surface area contributed by atoms with Gasteiger partial charge >= 0.3 is 0 Å². The Hall–Kier alpha value is -0.910. The van der Waals surface area contributed by atoms with Crippen LogP contribution >= 0.6 is 0 Å². The second-order valence-corrected chi connectivity index (χ2v) is 7.18. The molecule has 1 aromatic rings. The third-order valence-electron chi connectivity index (χ3n) is 2.94. The van der Waals surface area contributed by atoms with E-state index in [1.54, 1.807) is 0 Å². The lowest BCUT2D eigenvalue weighted by atomic mass is 10.1. The van der Waals surface area contributed by atoms with Crippen LogP contribution in [-0.2, 0) is 16.3 Å². The van der Waals surface area contributed by atoms with Crippen molar-refractivity contribution >= 4 is 9.84 Å². The van der Waals surface area contributed by atoms with Gasteiger partial charge in [0.15, 0.2) is 0 Å². The number of nitrogens with one attached hydrogen (secondary N) is 1. The van der Waals surface area contributed by atoms with Crippen LogP contribution in [-0.4, -0.2) is 58.6 Å². The fourth-order valence-electron chi connectivity index (χ4n) is 1.73. The van der Waals surface area contributed by atoms with Crippen molar-refractivity contribution < 1.29 is 8.42 Å². The minimum atomic E-state index is -2.85. The van der Waals surface area contributed by atoms with Crippen molar-refractivity contribution in [1.29, 1.82) is 0 Å². The van der Waals surface area contributed by atoms with E-state index in [2.05, 4.69) is 41.5 Å². The van der Waals surface area contributed by atoms with Gasteiger partial charge in [0, 0.05) is 32.4 Å². The maximum Gasteiger partial charge on any atom is 0.148 e. The summed E-state index contributed by atoms with van der Waals surface area (Å²) >= 11 is 0. The third-order valence-corrected chi connectivity index (χ3v) is 3.89. The van der Waals surface area contributed by atoms with Crippen LogP contribution in [0.25, 0.3) is 0 Å². The molecule has 1 rings (SSSR count). The van der Waals surface area contributed by atoms with Gasteiger partial charge in [-0.15, -0.1) is 0 Å². The summed E-state index contributed by atoms with van der Waals surface area (Å²) in [6, 6.07) is 10.4. The van der Waals surface area contributed by atoms with E-state index in [1.165, 1.54) is 11.8 Å². The van der Waals surface area contributed by atoms with E-state index in [0.29, 0.717) is 6.54 Å². The molecule has 0 aliphatic carbocycles. The van der Waals surface area contributed by atoms with Gasteiger partial charge in [0.2, 0.25) is 0 Å². The molecule has 0 amide bonds. The van der Waals surface area contributed by atoms with Crippen LogP contribution in [0.2, 0.25) is 0 Å². The highest BCUT2D eigenvalue weighted by molar-refractivity contribution is 7.90. The molecule has 5 heteroatoms. The van der Waals surface area contributed by atoms with Crippen LogP contribution in [0.1, 0.15) is 5.56 Å². The van der Waals surface area contributed by atoms with Gasteiger partial charge in [0.25, 0.3) is 0 Å². The smallest absolute Gasteiger partial charge is 0.148 e. The lowest BCUT2D eigenvalue weighted by Crippen LogP contribution is -2.32. The van der Waals surface area contributed by atoms with Crippen molar-refractivity contribution in [2.75, 3.05) is 45.2 Å². The highest BCUT2D eigenvalue weighted by Crippen LogP contribution is 2.00. The van der Waals surface area contributed by atoms with Crippen LogP contribution in [0, 0.1) is 0 Å². The van der Waals surface area contributed by atoms with Gasteiger partial charge in [-0.2, -0.15) is 0 Å². The number of hydrogen-bond acceptors (Lipinski definition) is 4. The first-order chi connectivity index (χ1) is 8.97. The van der Waals surface area contributed by atoms with Gasteiger partial charge in [0.05, 0.1) is 5.75 Å². The van der Waals surface area contributed by atoms with Gasteiger partial charge in [-0.1, -0.05) is 30.3 Å². The first-order valence-electron chi connectivity index (χ1n) is 6.58. The lowest BCUT2D eigenvalue weighted by molar-refractivity contribution is 0.337. The predicted molar refractivity (Wildman–Crippen MR) is 80.2 cm³/mol. The molecule has 0 heterocycles. The van der Waals surface area contributed by atoms with Gasteiger partial charge in [0.1, 0.15) is 9.84 Å². The standard InChI is InChI=1S/C14H24N2O2S/c1-16(11-8-14-6-4-3-5-7-14)12-9-15-10-13-19(2,17)18/h3-7,15H,8-13H2,1-2H3. The lowest BCUT2D eigenvalue weighted by Gasteiger charge is -2.16. The van der Waals surface area contributed by atoms with Gasteiger partial charge in [-0.25, -0.2) is 8.42 Å². The van der Waals surface area contributed by atoms with E-state index in [1.807, 2.05) is 6.07 Å². The summed E-state index contributed by atoms with van der Waals surface area (Å²) in [6.07, 6.45) is 2.31. The molecule has 0 atom stereocenters. The summed E-state index contributed by atoms with van der Waals surface area (Å²) in [5.74, 6) is 0.209. The Kier molecular flexibility index (Phi) is 7.05. The Morgan fingerprint density at radius 3 is 2.42 bits per heavy atom. The Morgan fingerprint density at radius 1 is 1.11 bits per heavy atom. The zero-order valence-corrected chi connectivity index (χ0v) is 12.6. The summed E-state index contributed by atoms with van der Waals surface area (Å²) in [5.41, 5.74) is 1.35. The summed E-state index contributed by atoms with van der Waals surface area (Å²) in [7, 11) is -0.763. The fraction of sp³-hybridized carbons (Fsp3) is 0.571. The largest absolute Gasteiger partial charge is 0.314 e. The zero-order valence-electron chi connectivity index (χ0n) is 11.8. The molecule has 1 N–H and O–H groups in total. The highest BCUT2D eigenvalue weighted by atomic mass is 32.2. The van der Waals surface area contributed by atoms with Crippen LogP contribution < -0.4 is 5.32 Å². The first kappa shape index (κ1) is 16.1. The molecule has 108 valence electrons. The zero-order chi connectivity index (χ0) is 14.1. The molecule has 19 heavy (non-hydrogen) atoms. The molecule has 0 spiro atoms. The molecule has 0 fully saturated rings. The van der Waals surface area contributed by atoms with E-state index in [4.69, 9.17) is 0 Å². The summed E-state index contributed by atoms with van der Waals surface area (Å²) in [6.45, 7) is 3.29. The van der Waals surface area contributed by atoms with Crippen LogP contribution in [0.3, 0.4) is 0 Å². The molecule has 0 aromatic heterocycles. The number of hydrogen-bond donors (Lipinski definition) is 1. The molecule has 0 bridgehead atoms. The number of benzene rings is 1. The second-order valence-electron chi connectivity index (χ2n) is 4.92. The summed E-state index contributed by atoms with van der Waals surface area (Å²) < 4.78 is 21.9. The SMILES string of the molecule is CN(CCNCCS(C)(=O)=O)CCc1ccccc1. The van der Waals surface area contributed by atoms with Crippen molar-refractivity contribution in [3.63, 3.8) is 0 Å². The van der Waals surface area contributed by atoms with Crippen LogP contribution in [0.5, 0.6) is 0 Å². The Labute approximate surface area is 116 Å². The minimum absolute atomic E-state index is 0.209. The molecule has 0 aliphatic rings. The van der Waals surface area contributed by atoms with E-state index in [0.717, 1.165) is 26.1 Å². The Morgan fingerprint density at radius 2 is 1.79 bits per heavy atom. The molecule has 0 unspecified atom stereocenters. The van der Waals surface area contributed by atoms with Gasteiger partial charge < -0.3 is 10.2 Å². The molecular formula is C14H24N2O2S. The first-order valence-corrected chi connectivity index (χ1v) is 8.64. The van der Waals surface area contributed by atoms with Gasteiger partial charge in [-0.3, -0.25) is 0 Å². The van der Waals surface area contributed by atoms with Crippen molar-refractivity contribution in [3.8, 4) is 0 Å². The van der Waals surface area contributed by atoms with Crippen molar-refractivity contribution in [2.24, 2.45) is 0 Å². The molecular weight excluding hydrogens is 260 g/mol. The van der Waals surface area contributed by atoms with E-state index in [9.17, 15) is 8.42 Å². The number of nitrogens with zero attached hydrogens (tertiary/aromatic N) is 1. The number of sulfone groups is 1. The van der Waals surface area contributed by atoms with Crippen molar-refractivity contribution in [3.05, 3.63) is 35.9 Å². The molecule has 1 aromatic carbocycles. The van der Waals surface area contributed by atoms with Gasteiger partial charge in [-0.05, 0) is 19.0 Å². The molecule has 4 nitrogen and oxygen atoms in total. The quantitative estimate of drug-likeness (QED) is 0.681. The van der Waals surface area contributed by atoms with Crippen molar-refractivity contribution in [2.45, 2.75) is 6.42 Å². The minimum Gasteiger partial charge on any atom is -0.314 e. The maximum atomic E-state index is 10.9. The average Bonchev–Trinajstić information content (AvgIpc) is 2.36. The highest BCUT2D eigenvalue weighted by Gasteiger charge is 2.02. The van der Waals surface area contributed by atoms with Crippen molar-refractivity contribution in [1.82, 2.24) is 10.2 Å². The number of rotatable bonds is 9. The van der Waals surface area contributed by atoms with Crippen LogP contribution in [0.4, 0.5) is 0 Å². The van der Waals surface area contributed by atoms with E-state index >= 15 is 0 Å². The Bertz CT molecular complexity index is 446. The summed E-state index contributed by atoms with van der Waals surface area (Å²) in [5, 5.41) is 3.15. The number of likely N-dealkylation sites (N-methyl/N-ethyl adjacent to an activating group) is 1. The molecule has 0 saturated carbocycles. The summed E-state index contributed by atoms with van der Waals surface area (Å²) in [4.78, 5) is 2.25. The molecule has 0 aliphatic heterocycles. The normalized spacial score (nSPS) is 11.9. The third kappa shape index (κ3) is 8.75. The topological polar surface area (TPSA) is 49.4 Å². The van der Waals surface area contributed by atoms with E-state index in [-0.39, 0.29) is 5.75 Å².